The maximum Gasteiger partial charge on any atom is 0.186 e. The minimum atomic E-state index is 0.750. The first-order chi connectivity index (χ1) is 9.26. The van der Waals surface area contributed by atoms with Gasteiger partial charge in [-0.2, -0.15) is 0 Å². The average Bonchev–Trinajstić information content (AvgIpc) is 3.17. The molecule has 0 atom stereocenters. The van der Waals surface area contributed by atoms with Crippen molar-refractivity contribution in [3.63, 3.8) is 0 Å². The van der Waals surface area contributed by atoms with Crippen molar-refractivity contribution >= 4 is 16.5 Å². The zero-order valence-electron chi connectivity index (χ0n) is 12.2. The van der Waals surface area contributed by atoms with E-state index in [1.165, 1.54) is 35.0 Å². The zero-order valence-corrected chi connectivity index (χ0v) is 13.1. The van der Waals surface area contributed by atoms with Gasteiger partial charge in [-0.15, -0.1) is 11.3 Å². The van der Waals surface area contributed by atoms with Gasteiger partial charge in [0.1, 0.15) is 0 Å². The van der Waals surface area contributed by atoms with Gasteiger partial charge in [0, 0.05) is 37.7 Å². The zero-order chi connectivity index (χ0) is 13.7. The van der Waals surface area contributed by atoms with E-state index < -0.39 is 0 Å². The lowest BCUT2D eigenvalue weighted by molar-refractivity contribution is 0.199. The highest BCUT2D eigenvalue weighted by Gasteiger charge is 2.30. The van der Waals surface area contributed by atoms with E-state index in [-0.39, 0.29) is 0 Å². The Morgan fingerprint density at radius 3 is 2.89 bits per heavy atom. The first kappa shape index (κ1) is 14.8. The van der Waals surface area contributed by atoms with Gasteiger partial charge in [0.2, 0.25) is 0 Å². The fourth-order valence-corrected chi connectivity index (χ4v) is 3.27. The number of hydrogen-bond donors (Lipinski definition) is 1. The Morgan fingerprint density at radius 1 is 1.47 bits per heavy atom. The van der Waals surface area contributed by atoms with Crippen LogP contribution in [0.3, 0.4) is 0 Å². The van der Waals surface area contributed by atoms with Crippen molar-refractivity contribution in [2.75, 3.05) is 31.7 Å². The Hall–Kier alpha value is -0.650. The van der Waals surface area contributed by atoms with Crippen molar-refractivity contribution in [3.05, 3.63) is 10.6 Å². The van der Waals surface area contributed by atoms with Crippen LogP contribution in [0.2, 0.25) is 0 Å². The molecule has 1 aromatic heterocycles. The molecule has 1 aliphatic carbocycles. The number of hydrogen-bond acceptors (Lipinski definition) is 5. The summed E-state index contributed by atoms with van der Waals surface area (Å²) in [5.41, 5.74) is 1.17. The third-order valence-corrected chi connectivity index (χ3v) is 4.54. The normalized spacial score (nSPS) is 14.9. The lowest BCUT2D eigenvalue weighted by Gasteiger charge is -2.20. The monoisotopic (exact) mass is 283 g/mol. The molecule has 1 saturated carbocycles. The molecule has 0 spiro atoms. The molecule has 0 unspecified atom stereocenters. The molecule has 0 aliphatic heterocycles. The van der Waals surface area contributed by atoms with Crippen LogP contribution >= 0.6 is 11.3 Å². The summed E-state index contributed by atoms with van der Waals surface area (Å²) >= 11 is 1.85. The summed E-state index contributed by atoms with van der Waals surface area (Å²) in [4.78, 5) is 8.61. The molecular formula is C14H25N3OS. The van der Waals surface area contributed by atoms with Crippen LogP contribution < -0.4 is 10.2 Å². The number of rotatable bonds is 9. The number of methoxy groups -OCH3 is 1. The van der Waals surface area contributed by atoms with Gasteiger partial charge in [-0.25, -0.2) is 4.98 Å². The van der Waals surface area contributed by atoms with Crippen molar-refractivity contribution in [2.45, 2.75) is 45.7 Å². The molecule has 1 aromatic rings. The first-order valence-electron chi connectivity index (χ1n) is 7.18. The van der Waals surface area contributed by atoms with E-state index in [1.54, 1.807) is 7.11 Å². The van der Waals surface area contributed by atoms with E-state index in [2.05, 4.69) is 24.1 Å². The molecule has 108 valence electrons. The average molecular weight is 283 g/mol. The molecule has 2 rings (SSSR count). The van der Waals surface area contributed by atoms with Gasteiger partial charge in [0.05, 0.1) is 12.3 Å². The van der Waals surface area contributed by atoms with Crippen LogP contribution in [0, 0.1) is 6.92 Å². The SMILES string of the molecule is CCCN(c1nc(C)c(CNCCOC)s1)C1CC1. The summed E-state index contributed by atoms with van der Waals surface area (Å²) in [5, 5.41) is 4.61. The van der Waals surface area contributed by atoms with Gasteiger partial charge < -0.3 is 15.0 Å². The highest BCUT2D eigenvalue weighted by Crippen LogP contribution is 2.35. The predicted octanol–water partition coefficient (Wildman–Crippen LogP) is 2.57. The predicted molar refractivity (Wildman–Crippen MR) is 81.1 cm³/mol. The van der Waals surface area contributed by atoms with E-state index in [1.807, 2.05) is 11.3 Å². The molecule has 0 bridgehead atoms. The number of nitrogens with one attached hydrogen (secondary N) is 1. The fourth-order valence-electron chi connectivity index (χ4n) is 2.14. The molecule has 19 heavy (non-hydrogen) atoms. The quantitative estimate of drug-likeness (QED) is 0.707. The summed E-state index contributed by atoms with van der Waals surface area (Å²) in [6.45, 7) is 8.04. The minimum absolute atomic E-state index is 0.750. The van der Waals surface area contributed by atoms with E-state index in [0.717, 1.165) is 32.3 Å². The largest absolute Gasteiger partial charge is 0.383 e. The molecule has 0 radical (unpaired) electrons. The van der Waals surface area contributed by atoms with Gasteiger partial charge in [0.15, 0.2) is 5.13 Å². The summed E-state index contributed by atoms with van der Waals surface area (Å²) in [6.07, 6.45) is 3.86. The Morgan fingerprint density at radius 2 is 2.26 bits per heavy atom. The van der Waals surface area contributed by atoms with Gasteiger partial charge in [0.25, 0.3) is 0 Å². The molecular weight excluding hydrogens is 258 g/mol. The summed E-state index contributed by atoms with van der Waals surface area (Å²) in [7, 11) is 1.73. The van der Waals surface area contributed by atoms with Gasteiger partial charge in [-0.1, -0.05) is 6.92 Å². The Kier molecular flexibility index (Phi) is 5.60. The van der Waals surface area contributed by atoms with Crippen molar-refractivity contribution in [1.29, 1.82) is 0 Å². The Balaban J connectivity index is 1.94. The maximum atomic E-state index is 5.04. The Labute approximate surface area is 120 Å². The second kappa shape index (κ2) is 7.22. The van der Waals surface area contributed by atoms with Gasteiger partial charge in [-0.05, 0) is 26.2 Å². The number of anilines is 1. The lowest BCUT2D eigenvalue weighted by atomic mass is 10.4. The third kappa shape index (κ3) is 4.16. The van der Waals surface area contributed by atoms with Crippen LogP contribution in [0.15, 0.2) is 0 Å². The molecule has 1 aliphatic rings. The van der Waals surface area contributed by atoms with Crippen LogP contribution in [0.5, 0.6) is 0 Å². The number of aryl methyl sites for hydroxylation is 1. The smallest absolute Gasteiger partial charge is 0.186 e. The highest BCUT2D eigenvalue weighted by atomic mass is 32.1. The number of thiazole rings is 1. The van der Waals surface area contributed by atoms with Crippen molar-refractivity contribution in [2.24, 2.45) is 0 Å². The number of nitrogens with zero attached hydrogens (tertiary/aromatic N) is 2. The highest BCUT2D eigenvalue weighted by molar-refractivity contribution is 7.15. The second-order valence-electron chi connectivity index (χ2n) is 5.10. The first-order valence-corrected chi connectivity index (χ1v) is 8.00. The molecule has 0 saturated heterocycles. The van der Waals surface area contributed by atoms with Crippen LogP contribution in [0.25, 0.3) is 0 Å². The Bertz CT molecular complexity index is 390. The molecule has 0 aromatic carbocycles. The van der Waals surface area contributed by atoms with E-state index in [4.69, 9.17) is 9.72 Å². The molecule has 0 amide bonds. The molecule has 5 heteroatoms. The fraction of sp³-hybridized carbons (Fsp3) is 0.786. The lowest BCUT2D eigenvalue weighted by Crippen LogP contribution is -2.26. The standard InChI is InChI=1S/C14H25N3OS/c1-4-8-17(12-5-6-12)14-16-11(2)13(19-14)10-15-7-9-18-3/h12,15H,4-10H2,1-3H3. The second-order valence-corrected chi connectivity index (χ2v) is 6.16. The van der Waals surface area contributed by atoms with Crippen LogP contribution in [-0.4, -0.2) is 37.8 Å². The minimum Gasteiger partial charge on any atom is -0.383 e. The van der Waals surface area contributed by atoms with Crippen LogP contribution in [0.4, 0.5) is 5.13 Å². The number of ether oxygens (including phenoxy) is 1. The van der Waals surface area contributed by atoms with E-state index in [0.29, 0.717) is 0 Å². The summed E-state index contributed by atoms with van der Waals surface area (Å²) in [6, 6.07) is 0.750. The van der Waals surface area contributed by atoms with Crippen LogP contribution in [-0.2, 0) is 11.3 Å². The van der Waals surface area contributed by atoms with E-state index in [9.17, 15) is 0 Å². The van der Waals surface area contributed by atoms with Crippen molar-refractivity contribution < 1.29 is 4.74 Å². The third-order valence-electron chi connectivity index (χ3n) is 3.35. The molecule has 1 N–H and O–H groups in total. The summed E-state index contributed by atoms with van der Waals surface area (Å²) < 4.78 is 5.04. The van der Waals surface area contributed by atoms with Crippen molar-refractivity contribution in [1.82, 2.24) is 10.3 Å². The van der Waals surface area contributed by atoms with Gasteiger partial charge >= 0.3 is 0 Å². The maximum absolute atomic E-state index is 5.04. The molecule has 1 heterocycles. The van der Waals surface area contributed by atoms with Crippen molar-refractivity contribution in [3.8, 4) is 0 Å². The summed E-state index contributed by atoms with van der Waals surface area (Å²) in [5.74, 6) is 0. The van der Waals surface area contributed by atoms with E-state index >= 15 is 0 Å². The number of aromatic nitrogens is 1. The van der Waals surface area contributed by atoms with Gasteiger partial charge in [-0.3, -0.25) is 0 Å². The van der Waals surface area contributed by atoms with Crippen LogP contribution in [0.1, 0.15) is 36.8 Å². The molecule has 1 fully saturated rings. The molecule has 4 nitrogen and oxygen atoms in total. The topological polar surface area (TPSA) is 37.4 Å².